The van der Waals surface area contributed by atoms with Crippen LogP contribution in [0.25, 0.3) is 10.9 Å². The Labute approximate surface area is 95.1 Å². The Hall–Kier alpha value is -1.91. The van der Waals surface area contributed by atoms with Crippen LogP contribution in [0.5, 0.6) is 0 Å². The zero-order chi connectivity index (χ0) is 12.7. The highest BCUT2D eigenvalue weighted by molar-refractivity contribution is 6.06. The molecule has 0 fully saturated rings. The van der Waals surface area contributed by atoms with E-state index in [0.717, 1.165) is 6.07 Å². The maximum absolute atomic E-state index is 13.5. The molecule has 0 bridgehead atoms. The number of hydrogen-bond donors (Lipinski definition) is 0. The summed E-state index contributed by atoms with van der Waals surface area (Å²) in [5, 5.41) is -0.0144. The van der Waals surface area contributed by atoms with Crippen molar-refractivity contribution in [2.45, 2.75) is 13.8 Å². The van der Waals surface area contributed by atoms with Gasteiger partial charge in [0.2, 0.25) is 0 Å². The Balaban J connectivity index is 2.99. The Morgan fingerprint density at radius 2 is 1.82 bits per heavy atom. The molecule has 1 heterocycles. The normalized spacial score (nSPS) is 10.9. The standard InChI is InChI=1S/C12H8F3NO/c1-5-3-7(6(2)17)8-4-9(13)10(14)11(15)12(8)16-5/h3-4H,1-2H3. The third-order valence-electron chi connectivity index (χ3n) is 2.45. The maximum Gasteiger partial charge on any atom is 0.196 e. The van der Waals surface area contributed by atoms with Crippen molar-refractivity contribution in [3.8, 4) is 0 Å². The number of fused-ring (bicyclic) bond motifs is 1. The number of benzene rings is 1. The van der Waals surface area contributed by atoms with Crippen LogP contribution in [0, 0.1) is 24.4 Å². The molecule has 0 saturated heterocycles. The second kappa shape index (κ2) is 3.84. The fourth-order valence-electron chi connectivity index (χ4n) is 1.69. The van der Waals surface area contributed by atoms with Crippen LogP contribution < -0.4 is 0 Å². The number of nitrogens with zero attached hydrogens (tertiary/aromatic N) is 1. The average Bonchev–Trinajstić information content (AvgIpc) is 2.26. The van der Waals surface area contributed by atoms with Crippen molar-refractivity contribution in [1.82, 2.24) is 4.98 Å². The van der Waals surface area contributed by atoms with E-state index in [1.807, 2.05) is 0 Å². The Kier molecular flexibility index (Phi) is 2.61. The number of carbonyl (C=O) groups is 1. The number of hydrogen-bond acceptors (Lipinski definition) is 2. The zero-order valence-corrected chi connectivity index (χ0v) is 9.14. The second-order valence-electron chi connectivity index (χ2n) is 3.75. The molecule has 0 amide bonds. The summed E-state index contributed by atoms with van der Waals surface area (Å²) in [6.07, 6.45) is 0. The van der Waals surface area contributed by atoms with Gasteiger partial charge < -0.3 is 0 Å². The lowest BCUT2D eigenvalue weighted by Crippen LogP contribution is -2.02. The monoisotopic (exact) mass is 239 g/mol. The predicted octanol–water partition coefficient (Wildman–Crippen LogP) is 3.16. The van der Waals surface area contributed by atoms with Crippen molar-refractivity contribution in [3.05, 3.63) is 40.8 Å². The van der Waals surface area contributed by atoms with Crippen molar-refractivity contribution in [2.24, 2.45) is 0 Å². The number of pyridine rings is 1. The molecule has 0 atom stereocenters. The Morgan fingerprint density at radius 3 is 2.41 bits per heavy atom. The minimum atomic E-state index is -1.58. The molecule has 0 aliphatic carbocycles. The topological polar surface area (TPSA) is 30.0 Å². The van der Waals surface area contributed by atoms with Crippen molar-refractivity contribution in [2.75, 3.05) is 0 Å². The molecule has 1 aromatic carbocycles. The van der Waals surface area contributed by atoms with Gasteiger partial charge in [0.15, 0.2) is 23.2 Å². The van der Waals surface area contributed by atoms with E-state index in [9.17, 15) is 18.0 Å². The van der Waals surface area contributed by atoms with Gasteiger partial charge in [0, 0.05) is 16.6 Å². The van der Waals surface area contributed by atoms with Gasteiger partial charge in [-0.05, 0) is 26.0 Å². The number of carbonyl (C=O) groups excluding carboxylic acids is 1. The van der Waals surface area contributed by atoms with Crippen LogP contribution in [-0.4, -0.2) is 10.8 Å². The average molecular weight is 239 g/mol. The van der Waals surface area contributed by atoms with Gasteiger partial charge in [-0.3, -0.25) is 4.79 Å². The van der Waals surface area contributed by atoms with Gasteiger partial charge in [-0.1, -0.05) is 0 Å². The highest BCUT2D eigenvalue weighted by Crippen LogP contribution is 2.25. The molecular weight excluding hydrogens is 231 g/mol. The highest BCUT2D eigenvalue weighted by Gasteiger charge is 2.18. The number of Topliss-reactive ketones (excluding diaryl/α,β-unsaturated/α-hetero) is 1. The summed E-state index contributed by atoms with van der Waals surface area (Å²) in [6.45, 7) is 2.82. The summed E-state index contributed by atoms with van der Waals surface area (Å²) in [7, 11) is 0. The van der Waals surface area contributed by atoms with Gasteiger partial charge >= 0.3 is 0 Å². The Bertz CT molecular complexity index is 637. The van der Waals surface area contributed by atoms with E-state index < -0.39 is 17.5 Å². The van der Waals surface area contributed by atoms with Crippen molar-refractivity contribution in [3.63, 3.8) is 0 Å². The van der Waals surface area contributed by atoms with E-state index in [2.05, 4.69) is 4.98 Å². The Morgan fingerprint density at radius 1 is 1.18 bits per heavy atom. The molecule has 88 valence electrons. The van der Waals surface area contributed by atoms with Gasteiger partial charge in [0.1, 0.15) is 5.52 Å². The first-order valence-electron chi connectivity index (χ1n) is 4.87. The summed E-state index contributed by atoms with van der Waals surface area (Å²) in [4.78, 5) is 15.1. The fourth-order valence-corrected chi connectivity index (χ4v) is 1.69. The minimum absolute atomic E-state index is 0.0144. The molecule has 2 rings (SSSR count). The molecule has 0 unspecified atom stereocenters. The first-order chi connectivity index (χ1) is 7.91. The molecular formula is C12H8F3NO. The fraction of sp³-hybridized carbons (Fsp3) is 0.167. The molecule has 0 radical (unpaired) electrons. The van der Waals surface area contributed by atoms with E-state index in [1.54, 1.807) is 6.92 Å². The predicted molar refractivity (Wildman–Crippen MR) is 56.4 cm³/mol. The number of aromatic nitrogens is 1. The second-order valence-corrected chi connectivity index (χ2v) is 3.75. The highest BCUT2D eigenvalue weighted by atomic mass is 19.2. The molecule has 17 heavy (non-hydrogen) atoms. The zero-order valence-electron chi connectivity index (χ0n) is 9.14. The molecule has 0 aliphatic rings. The number of halogens is 3. The van der Waals surface area contributed by atoms with Gasteiger partial charge in [-0.2, -0.15) is 0 Å². The lowest BCUT2D eigenvalue weighted by atomic mass is 10.0. The summed E-state index contributed by atoms with van der Waals surface area (Å²) >= 11 is 0. The number of ketones is 1. The van der Waals surface area contributed by atoms with Crippen LogP contribution in [0.2, 0.25) is 0 Å². The molecule has 2 aromatic rings. The van der Waals surface area contributed by atoms with Gasteiger partial charge in [0.05, 0.1) is 0 Å². The third-order valence-corrected chi connectivity index (χ3v) is 2.45. The molecule has 0 N–H and O–H groups in total. The van der Waals surface area contributed by atoms with Crippen LogP contribution in [0.4, 0.5) is 13.2 Å². The molecule has 0 aliphatic heterocycles. The van der Waals surface area contributed by atoms with E-state index >= 15 is 0 Å². The lowest BCUT2D eigenvalue weighted by molar-refractivity contribution is 0.101. The number of aryl methyl sites for hydroxylation is 1. The van der Waals surface area contributed by atoms with Crippen LogP contribution >= 0.6 is 0 Å². The van der Waals surface area contributed by atoms with Crippen LogP contribution in [-0.2, 0) is 0 Å². The molecule has 1 aromatic heterocycles. The van der Waals surface area contributed by atoms with E-state index in [1.165, 1.54) is 13.0 Å². The summed E-state index contributed by atoms with van der Waals surface area (Å²) in [5.41, 5.74) is 0.173. The van der Waals surface area contributed by atoms with E-state index in [-0.39, 0.29) is 22.2 Å². The van der Waals surface area contributed by atoms with Crippen molar-refractivity contribution < 1.29 is 18.0 Å². The number of rotatable bonds is 1. The first-order valence-corrected chi connectivity index (χ1v) is 4.87. The molecule has 5 heteroatoms. The minimum Gasteiger partial charge on any atom is -0.294 e. The first kappa shape index (κ1) is 11.6. The van der Waals surface area contributed by atoms with Crippen molar-refractivity contribution >= 4 is 16.7 Å². The molecule has 0 saturated carbocycles. The SMILES string of the molecule is CC(=O)c1cc(C)nc2c(F)c(F)c(F)cc12. The summed E-state index contributed by atoms with van der Waals surface area (Å²) in [6, 6.07) is 2.21. The van der Waals surface area contributed by atoms with Crippen LogP contribution in [0.1, 0.15) is 23.0 Å². The van der Waals surface area contributed by atoms with Crippen LogP contribution in [0.15, 0.2) is 12.1 Å². The smallest absolute Gasteiger partial charge is 0.196 e. The largest absolute Gasteiger partial charge is 0.294 e. The molecule has 2 nitrogen and oxygen atoms in total. The molecule has 0 spiro atoms. The van der Waals surface area contributed by atoms with E-state index in [0.29, 0.717) is 5.69 Å². The van der Waals surface area contributed by atoms with E-state index in [4.69, 9.17) is 0 Å². The van der Waals surface area contributed by atoms with Crippen LogP contribution in [0.3, 0.4) is 0 Å². The maximum atomic E-state index is 13.5. The van der Waals surface area contributed by atoms with Crippen molar-refractivity contribution in [1.29, 1.82) is 0 Å². The quantitative estimate of drug-likeness (QED) is 0.565. The summed E-state index contributed by atoms with van der Waals surface area (Å²) < 4.78 is 39.6. The third kappa shape index (κ3) is 1.77. The summed E-state index contributed by atoms with van der Waals surface area (Å²) in [5.74, 6) is -4.63. The van der Waals surface area contributed by atoms with Gasteiger partial charge in [-0.15, -0.1) is 0 Å². The van der Waals surface area contributed by atoms with Gasteiger partial charge in [-0.25, -0.2) is 18.2 Å². The lowest BCUT2D eigenvalue weighted by Gasteiger charge is -2.07. The van der Waals surface area contributed by atoms with Gasteiger partial charge in [0.25, 0.3) is 0 Å².